The molecular weight excluding hydrogens is 258 g/mol. The van der Waals surface area contributed by atoms with Crippen LogP contribution in [0.3, 0.4) is 0 Å². The van der Waals surface area contributed by atoms with E-state index in [1.54, 1.807) is 12.4 Å². The van der Waals surface area contributed by atoms with E-state index in [0.717, 1.165) is 16.4 Å². The fourth-order valence-electron chi connectivity index (χ4n) is 2.15. The lowest BCUT2D eigenvalue weighted by atomic mass is 10.1. The molecule has 1 heterocycles. The van der Waals surface area contributed by atoms with E-state index in [2.05, 4.69) is 29.1 Å². The number of rotatable bonds is 4. The molecule has 0 amide bonds. The first kappa shape index (κ1) is 14.0. The highest BCUT2D eigenvalue weighted by atomic mass is 35.5. The van der Waals surface area contributed by atoms with Crippen LogP contribution in [0.25, 0.3) is 0 Å². The molecule has 0 saturated heterocycles. The average molecular weight is 276 g/mol. The third kappa shape index (κ3) is 3.52. The highest BCUT2D eigenvalue weighted by molar-refractivity contribution is 6.30. The molecule has 1 aromatic heterocycles. The number of halogens is 1. The Hall–Kier alpha value is -1.45. The van der Waals surface area contributed by atoms with Crippen molar-refractivity contribution in [2.45, 2.75) is 32.9 Å². The Morgan fingerprint density at radius 2 is 1.63 bits per heavy atom. The van der Waals surface area contributed by atoms with Gasteiger partial charge in [-0.1, -0.05) is 23.7 Å². The number of nitrogens with one attached hydrogen (secondary N) is 1. The first-order valence-electron chi connectivity index (χ1n) is 6.37. The first-order chi connectivity index (χ1) is 9.08. The maximum atomic E-state index is 5.90. The molecule has 0 spiro atoms. The summed E-state index contributed by atoms with van der Waals surface area (Å²) in [5.41, 5.74) is 3.16. The molecule has 1 aromatic carbocycles. The number of aromatic nitrogens is 2. The molecule has 2 rings (SSSR count). The van der Waals surface area contributed by atoms with Crippen molar-refractivity contribution in [2.75, 3.05) is 0 Å². The normalized spacial score (nSPS) is 14.1. The van der Waals surface area contributed by atoms with E-state index in [0.29, 0.717) is 0 Å². The zero-order valence-electron chi connectivity index (χ0n) is 11.4. The molecule has 0 aliphatic rings. The molecule has 2 unspecified atom stereocenters. The van der Waals surface area contributed by atoms with Crippen molar-refractivity contribution in [3.63, 3.8) is 0 Å². The van der Waals surface area contributed by atoms with Crippen LogP contribution >= 0.6 is 11.6 Å². The van der Waals surface area contributed by atoms with E-state index in [1.165, 1.54) is 5.56 Å². The van der Waals surface area contributed by atoms with Gasteiger partial charge in [-0.3, -0.25) is 9.97 Å². The van der Waals surface area contributed by atoms with Crippen LogP contribution in [0.5, 0.6) is 0 Å². The van der Waals surface area contributed by atoms with Gasteiger partial charge in [0.15, 0.2) is 0 Å². The molecule has 1 N–H and O–H groups in total. The Kier molecular flexibility index (Phi) is 4.51. The number of benzene rings is 1. The minimum atomic E-state index is 0.152. The topological polar surface area (TPSA) is 37.8 Å². The zero-order valence-corrected chi connectivity index (χ0v) is 12.1. The molecule has 0 saturated carbocycles. The molecule has 0 aliphatic heterocycles. The van der Waals surface area contributed by atoms with Gasteiger partial charge < -0.3 is 5.32 Å². The molecular formula is C15H18ClN3. The standard InChI is InChI=1S/C15H18ClN3/c1-10(13-4-6-14(16)7-5-13)19-12(3)15-11(2)17-8-9-18-15/h4-10,12,19H,1-3H3. The Morgan fingerprint density at radius 3 is 2.26 bits per heavy atom. The van der Waals surface area contributed by atoms with Crippen molar-refractivity contribution in [3.8, 4) is 0 Å². The summed E-state index contributed by atoms with van der Waals surface area (Å²) < 4.78 is 0. The molecule has 0 bridgehead atoms. The van der Waals surface area contributed by atoms with Crippen LogP contribution in [0.2, 0.25) is 5.02 Å². The largest absolute Gasteiger partial charge is 0.302 e. The van der Waals surface area contributed by atoms with Gasteiger partial charge in [-0.05, 0) is 38.5 Å². The SMILES string of the molecule is Cc1nccnc1C(C)NC(C)c1ccc(Cl)cc1. The van der Waals surface area contributed by atoms with Gasteiger partial charge >= 0.3 is 0 Å². The quantitative estimate of drug-likeness (QED) is 0.921. The summed E-state index contributed by atoms with van der Waals surface area (Å²) >= 11 is 5.90. The maximum absolute atomic E-state index is 5.90. The van der Waals surface area contributed by atoms with Gasteiger partial charge in [0.2, 0.25) is 0 Å². The van der Waals surface area contributed by atoms with Gasteiger partial charge in [-0.2, -0.15) is 0 Å². The second-order valence-electron chi connectivity index (χ2n) is 4.69. The molecule has 19 heavy (non-hydrogen) atoms. The molecule has 3 nitrogen and oxygen atoms in total. The van der Waals surface area contributed by atoms with Crippen LogP contribution in [0.4, 0.5) is 0 Å². The summed E-state index contributed by atoms with van der Waals surface area (Å²) in [6.45, 7) is 6.21. The Balaban J connectivity index is 2.08. The monoisotopic (exact) mass is 275 g/mol. The summed E-state index contributed by atoms with van der Waals surface area (Å²) in [6, 6.07) is 8.28. The van der Waals surface area contributed by atoms with Gasteiger partial charge in [-0.15, -0.1) is 0 Å². The molecule has 2 atom stereocenters. The summed E-state index contributed by atoms with van der Waals surface area (Å²) in [7, 11) is 0. The van der Waals surface area contributed by atoms with Crippen molar-refractivity contribution < 1.29 is 0 Å². The van der Waals surface area contributed by atoms with Crippen LogP contribution in [0.15, 0.2) is 36.7 Å². The van der Waals surface area contributed by atoms with E-state index in [4.69, 9.17) is 11.6 Å². The Bertz CT molecular complexity index is 539. The molecule has 4 heteroatoms. The van der Waals surface area contributed by atoms with Gasteiger partial charge in [0, 0.05) is 29.5 Å². The summed E-state index contributed by atoms with van der Waals surface area (Å²) in [6.07, 6.45) is 3.45. The van der Waals surface area contributed by atoms with E-state index in [9.17, 15) is 0 Å². The van der Waals surface area contributed by atoms with Crippen LogP contribution < -0.4 is 5.32 Å². The van der Waals surface area contributed by atoms with Gasteiger partial charge in [0.25, 0.3) is 0 Å². The molecule has 0 fully saturated rings. The van der Waals surface area contributed by atoms with Crippen molar-refractivity contribution >= 4 is 11.6 Å². The van der Waals surface area contributed by atoms with Gasteiger partial charge in [0.1, 0.15) is 0 Å². The van der Waals surface area contributed by atoms with Crippen LogP contribution in [0.1, 0.15) is 42.9 Å². The highest BCUT2D eigenvalue weighted by Crippen LogP contribution is 2.20. The van der Waals surface area contributed by atoms with Crippen molar-refractivity contribution in [3.05, 3.63) is 58.6 Å². The van der Waals surface area contributed by atoms with Crippen LogP contribution in [-0.2, 0) is 0 Å². The van der Waals surface area contributed by atoms with Gasteiger partial charge in [-0.25, -0.2) is 0 Å². The number of hydrogen-bond acceptors (Lipinski definition) is 3. The Labute approximate surface area is 119 Å². The fourth-order valence-corrected chi connectivity index (χ4v) is 2.27. The van der Waals surface area contributed by atoms with Crippen molar-refractivity contribution in [2.24, 2.45) is 0 Å². The predicted octanol–water partition coefficient (Wildman–Crippen LogP) is 3.85. The maximum Gasteiger partial charge on any atom is 0.0782 e. The van der Waals surface area contributed by atoms with E-state index in [-0.39, 0.29) is 12.1 Å². The number of aryl methyl sites for hydroxylation is 1. The minimum absolute atomic E-state index is 0.152. The third-order valence-electron chi connectivity index (χ3n) is 3.20. The number of hydrogen-bond donors (Lipinski definition) is 1. The van der Waals surface area contributed by atoms with E-state index < -0.39 is 0 Å². The first-order valence-corrected chi connectivity index (χ1v) is 6.74. The zero-order chi connectivity index (χ0) is 13.8. The summed E-state index contributed by atoms with van der Waals surface area (Å²) in [5.74, 6) is 0. The van der Waals surface area contributed by atoms with Gasteiger partial charge in [0.05, 0.1) is 11.4 Å². The highest BCUT2D eigenvalue weighted by Gasteiger charge is 2.14. The molecule has 100 valence electrons. The average Bonchev–Trinajstić information content (AvgIpc) is 2.39. The Morgan fingerprint density at radius 1 is 1.00 bits per heavy atom. The molecule has 2 aromatic rings. The molecule has 0 aliphatic carbocycles. The van der Waals surface area contributed by atoms with Crippen LogP contribution in [-0.4, -0.2) is 9.97 Å². The third-order valence-corrected chi connectivity index (χ3v) is 3.45. The summed E-state index contributed by atoms with van der Waals surface area (Å²) in [4.78, 5) is 8.66. The second kappa shape index (κ2) is 6.13. The summed E-state index contributed by atoms with van der Waals surface area (Å²) in [5, 5.41) is 4.29. The lowest BCUT2D eigenvalue weighted by Crippen LogP contribution is -2.24. The van der Waals surface area contributed by atoms with Crippen molar-refractivity contribution in [1.82, 2.24) is 15.3 Å². The van der Waals surface area contributed by atoms with Crippen LogP contribution in [0, 0.1) is 6.92 Å². The second-order valence-corrected chi connectivity index (χ2v) is 5.13. The number of nitrogens with zero attached hydrogens (tertiary/aromatic N) is 2. The molecule has 0 radical (unpaired) electrons. The van der Waals surface area contributed by atoms with E-state index in [1.807, 2.05) is 31.2 Å². The van der Waals surface area contributed by atoms with Crippen molar-refractivity contribution in [1.29, 1.82) is 0 Å². The lowest BCUT2D eigenvalue weighted by Gasteiger charge is -2.20. The smallest absolute Gasteiger partial charge is 0.0782 e. The van der Waals surface area contributed by atoms with E-state index >= 15 is 0 Å². The lowest BCUT2D eigenvalue weighted by molar-refractivity contribution is 0.483. The minimum Gasteiger partial charge on any atom is -0.302 e. The predicted molar refractivity (Wildman–Crippen MR) is 78.2 cm³/mol. The fraction of sp³-hybridized carbons (Fsp3) is 0.333.